The number of nitroso groups, excluding NO2 is 1. The molecule has 0 aromatic rings. The van der Waals surface area contributed by atoms with Crippen LogP contribution in [-0.4, -0.2) is 55.9 Å². The van der Waals surface area contributed by atoms with Crippen molar-refractivity contribution in [3.8, 4) is 0 Å². The van der Waals surface area contributed by atoms with E-state index in [2.05, 4.69) is 24.8 Å². The van der Waals surface area contributed by atoms with Crippen LogP contribution in [0, 0.1) is 16.7 Å². The van der Waals surface area contributed by atoms with Crippen molar-refractivity contribution in [3.05, 3.63) is 4.91 Å². The van der Waals surface area contributed by atoms with E-state index in [0.29, 0.717) is 6.61 Å². The van der Waals surface area contributed by atoms with Gasteiger partial charge in [-0.2, -0.15) is 4.91 Å². The van der Waals surface area contributed by atoms with Gasteiger partial charge in [0.15, 0.2) is 6.29 Å². The molecule has 0 aromatic heterocycles. The molecule has 1 saturated carbocycles. The summed E-state index contributed by atoms with van der Waals surface area (Å²) in [5.41, 5.74) is 11.8. The van der Waals surface area contributed by atoms with Crippen molar-refractivity contribution in [1.82, 2.24) is 0 Å². The van der Waals surface area contributed by atoms with Gasteiger partial charge >= 0.3 is 0 Å². The van der Waals surface area contributed by atoms with Crippen molar-refractivity contribution < 1.29 is 14.9 Å². The first-order valence-electron chi connectivity index (χ1n) is 6.97. The summed E-state index contributed by atoms with van der Waals surface area (Å²) in [6, 6.07) is -1.17. The number of aliphatic hydroxyl groups excluding tert-OH is 2. The molecule has 118 valence electrons. The zero-order chi connectivity index (χ0) is 15.5. The summed E-state index contributed by atoms with van der Waals surface area (Å²) in [5.74, 6) is -1.11. The van der Waals surface area contributed by atoms with E-state index in [9.17, 15) is 15.1 Å². The molecule has 7 nitrogen and oxygen atoms in total. The van der Waals surface area contributed by atoms with Crippen molar-refractivity contribution in [1.29, 1.82) is 0 Å². The number of hydrogen-bond acceptors (Lipinski definition) is 7. The van der Waals surface area contributed by atoms with Gasteiger partial charge in [0.05, 0.1) is 5.92 Å². The van der Waals surface area contributed by atoms with Crippen LogP contribution in [0.5, 0.6) is 0 Å². The summed E-state index contributed by atoms with van der Waals surface area (Å²) in [7, 11) is -1.26. The van der Waals surface area contributed by atoms with Gasteiger partial charge in [0.2, 0.25) is 0 Å². The van der Waals surface area contributed by atoms with Crippen LogP contribution in [0.15, 0.2) is 5.18 Å². The minimum absolute atomic E-state index is 0.230. The van der Waals surface area contributed by atoms with Crippen LogP contribution >= 0.6 is 0 Å². The first-order chi connectivity index (χ1) is 9.22. The van der Waals surface area contributed by atoms with E-state index in [1.807, 2.05) is 0 Å². The second-order valence-electron chi connectivity index (χ2n) is 6.75. The van der Waals surface area contributed by atoms with Crippen LogP contribution in [0.1, 0.15) is 0 Å². The molecular weight excluding hydrogens is 278 g/mol. The van der Waals surface area contributed by atoms with Crippen LogP contribution in [0.4, 0.5) is 0 Å². The molecule has 0 aliphatic heterocycles. The molecule has 1 fully saturated rings. The predicted molar refractivity (Wildman–Crippen MR) is 79.7 cm³/mol. The fraction of sp³-hybridized carbons (Fsp3) is 1.00. The van der Waals surface area contributed by atoms with Crippen molar-refractivity contribution in [2.45, 2.75) is 50.1 Å². The fourth-order valence-corrected chi connectivity index (χ4v) is 3.35. The molecule has 0 amide bonds. The highest BCUT2D eigenvalue weighted by molar-refractivity contribution is 6.76. The predicted octanol–water partition coefficient (Wildman–Crippen LogP) is -0.312. The number of hydrogen-bond donors (Lipinski definition) is 4. The Morgan fingerprint density at radius 2 is 1.90 bits per heavy atom. The van der Waals surface area contributed by atoms with Gasteiger partial charge in [-0.15, -0.1) is 0 Å². The van der Waals surface area contributed by atoms with Crippen molar-refractivity contribution in [3.63, 3.8) is 0 Å². The smallest absolute Gasteiger partial charge is 0.161 e. The number of nitrogens with two attached hydrogens (primary N) is 2. The maximum absolute atomic E-state index is 10.9. The van der Waals surface area contributed by atoms with Gasteiger partial charge in [0.1, 0.15) is 6.04 Å². The highest BCUT2D eigenvalue weighted by atomic mass is 28.3. The van der Waals surface area contributed by atoms with Gasteiger partial charge in [-0.3, -0.25) is 0 Å². The molecule has 1 aliphatic rings. The van der Waals surface area contributed by atoms with E-state index >= 15 is 0 Å². The Morgan fingerprint density at radius 3 is 2.35 bits per heavy atom. The van der Waals surface area contributed by atoms with Crippen molar-refractivity contribution >= 4 is 8.07 Å². The molecular formula is C12H27N3O4Si. The molecule has 0 heterocycles. The third kappa shape index (κ3) is 4.06. The lowest BCUT2D eigenvalue weighted by molar-refractivity contribution is -0.136. The minimum atomic E-state index is -1.26. The van der Waals surface area contributed by atoms with E-state index in [4.69, 9.17) is 16.2 Å². The van der Waals surface area contributed by atoms with E-state index in [1.165, 1.54) is 0 Å². The number of rotatable bonds is 7. The van der Waals surface area contributed by atoms with E-state index < -0.39 is 44.3 Å². The molecule has 0 aromatic carbocycles. The standard InChI is InChI=1S/C12H27N3O4Si/c1-20(2,3)5-4-19-12(17)8-9(13)7(6-16)10(14)11(8)15-18/h7-12,16-17H,4-6,13-14H2,1-3H3/t7?,8?,9?,10-,11?,12+/m1/s1. The largest absolute Gasteiger partial charge is 0.396 e. The highest BCUT2D eigenvalue weighted by Gasteiger charge is 2.51. The Balaban J connectivity index is 2.65. The van der Waals surface area contributed by atoms with Gasteiger partial charge < -0.3 is 26.4 Å². The van der Waals surface area contributed by atoms with E-state index in [1.54, 1.807) is 0 Å². The highest BCUT2D eigenvalue weighted by Crippen LogP contribution is 2.34. The summed E-state index contributed by atoms with van der Waals surface area (Å²) < 4.78 is 5.42. The molecule has 6 atom stereocenters. The average Bonchev–Trinajstić information content (AvgIpc) is 2.58. The first kappa shape index (κ1) is 17.7. The second kappa shape index (κ2) is 7.06. The molecule has 0 saturated heterocycles. The normalized spacial score (nSPS) is 36.0. The molecule has 4 unspecified atom stereocenters. The number of nitrogens with zero attached hydrogens (tertiary/aromatic N) is 1. The maximum Gasteiger partial charge on any atom is 0.161 e. The summed E-state index contributed by atoms with van der Waals surface area (Å²) in [6.45, 7) is 6.81. The molecule has 0 bridgehead atoms. The van der Waals surface area contributed by atoms with E-state index in [0.717, 1.165) is 6.04 Å². The zero-order valence-electron chi connectivity index (χ0n) is 12.4. The zero-order valence-corrected chi connectivity index (χ0v) is 13.4. The topological polar surface area (TPSA) is 131 Å². The Kier molecular flexibility index (Phi) is 6.23. The van der Waals surface area contributed by atoms with E-state index in [-0.39, 0.29) is 6.61 Å². The molecule has 8 heteroatoms. The molecule has 6 N–H and O–H groups in total. The van der Waals surface area contributed by atoms with Gasteiger partial charge in [-0.25, -0.2) is 0 Å². The molecule has 0 radical (unpaired) electrons. The average molecular weight is 305 g/mol. The lowest BCUT2D eigenvalue weighted by Gasteiger charge is -2.26. The number of ether oxygens (including phenoxy) is 1. The molecule has 20 heavy (non-hydrogen) atoms. The SMILES string of the molecule is C[Si](C)(C)CCO[C@H](O)C1C(N)C(CO)[C@@H](N)C1N=O. The third-order valence-corrected chi connectivity index (χ3v) is 5.73. The monoisotopic (exact) mass is 305 g/mol. The second-order valence-corrected chi connectivity index (χ2v) is 12.4. The third-order valence-electron chi connectivity index (χ3n) is 4.02. The lowest BCUT2D eigenvalue weighted by atomic mass is 9.97. The summed E-state index contributed by atoms with van der Waals surface area (Å²) in [4.78, 5) is 10.9. The van der Waals surface area contributed by atoms with Gasteiger partial charge in [0.25, 0.3) is 0 Å². The summed E-state index contributed by atoms with van der Waals surface area (Å²) in [6.07, 6.45) is -1.17. The fourth-order valence-electron chi connectivity index (χ4n) is 2.62. The Morgan fingerprint density at radius 1 is 1.30 bits per heavy atom. The maximum atomic E-state index is 10.9. The molecule has 0 spiro atoms. The van der Waals surface area contributed by atoms with Crippen LogP contribution in [0.25, 0.3) is 0 Å². The van der Waals surface area contributed by atoms with Crippen LogP contribution in [0.2, 0.25) is 25.7 Å². The lowest BCUT2D eigenvalue weighted by Crippen LogP contribution is -2.43. The Labute approximate surface area is 120 Å². The van der Waals surface area contributed by atoms with Gasteiger partial charge in [0, 0.05) is 39.3 Å². The first-order valence-corrected chi connectivity index (χ1v) is 10.7. The summed E-state index contributed by atoms with van der Waals surface area (Å²) in [5, 5.41) is 22.4. The molecule has 1 rings (SSSR count). The minimum Gasteiger partial charge on any atom is -0.396 e. The van der Waals surface area contributed by atoms with Crippen molar-refractivity contribution in [2.75, 3.05) is 13.2 Å². The van der Waals surface area contributed by atoms with Crippen LogP contribution in [-0.2, 0) is 4.74 Å². The van der Waals surface area contributed by atoms with Gasteiger partial charge in [-0.1, -0.05) is 24.8 Å². The molecule has 1 aliphatic carbocycles. The Bertz CT molecular complexity index is 326. The Hall–Kier alpha value is -0.383. The van der Waals surface area contributed by atoms with Crippen LogP contribution < -0.4 is 11.5 Å². The van der Waals surface area contributed by atoms with Gasteiger partial charge in [-0.05, 0) is 6.04 Å². The van der Waals surface area contributed by atoms with Crippen molar-refractivity contribution in [2.24, 2.45) is 28.5 Å². The van der Waals surface area contributed by atoms with Crippen LogP contribution in [0.3, 0.4) is 0 Å². The summed E-state index contributed by atoms with van der Waals surface area (Å²) >= 11 is 0. The number of aliphatic hydroxyl groups is 2. The quantitative estimate of drug-likeness (QED) is 0.290.